The Morgan fingerprint density at radius 2 is 1.56 bits per heavy atom. The average molecular weight is 763 g/mol. The monoisotopic (exact) mass is 762 g/mol. The molecule has 0 atom stereocenters. The van der Waals surface area contributed by atoms with E-state index in [2.05, 4.69) is 68.3 Å². The molecule has 0 radical (unpaired) electrons. The number of aromatic nitrogens is 7. The van der Waals surface area contributed by atoms with Crippen molar-refractivity contribution in [2.45, 2.75) is 38.8 Å². The predicted octanol–water partition coefficient (Wildman–Crippen LogP) is 5.10. The van der Waals surface area contributed by atoms with E-state index in [1.54, 1.807) is 17.8 Å². The maximum atomic E-state index is 10.6. The Labute approximate surface area is 302 Å². The van der Waals surface area contributed by atoms with Crippen molar-refractivity contribution in [3.8, 4) is 34.3 Å². The fraction of sp³-hybridized carbons (Fsp3) is 0.333. The Balaban J connectivity index is 0.000000396. The second-order valence-electron chi connectivity index (χ2n) is 11.8. The highest BCUT2D eigenvalue weighted by Crippen LogP contribution is 2.32. The molecule has 0 saturated carbocycles. The molecule has 15 nitrogen and oxygen atoms in total. The van der Waals surface area contributed by atoms with Gasteiger partial charge >= 0.3 is 24.3 Å². The van der Waals surface area contributed by atoms with Gasteiger partial charge in [0.15, 0.2) is 0 Å². The Bertz CT molecular complexity index is 2060. The number of hydrogen-bond donors (Lipinski definition) is 2. The van der Waals surface area contributed by atoms with Gasteiger partial charge in [-0.3, -0.25) is 4.90 Å². The number of carboxylic acids is 2. The van der Waals surface area contributed by atoms with Gasteiger partial charge in [0.1, 0.15) is 17.6 Å². The summed E-state index contributed by atoms with van der Waals surface area (Å²) in [7, 11) is 1.63. The predicted molar refractivity (Wildman–Crippen MR) is 178 cm³/mol. The van der Waals surface area contributed by atoms with E-state index in [9.17, 15) is 31.6 Å². The third-order valence-corrected chi connectivity index (χ3v) is 7.72. The van der Waals surface area contributed by atoms with Crippen molar-refractivity contribution in [1.29, 1.82) is 5.26 Å². The molecule has 1 fully saturated rings. The molecule has 0 aliphatic carbocycles. The van der Waals surface area contributed by atoms with Crippen LogP contribution in [0.25, 0.3) is 27.9 Å². The van der Waals surface area contributed by atoms with Gasteiger partial charge in [-0.1, -0.05) is 11.3 Å². The number of carbonyl (C=O) groups is 2. The number of anilines is 1. The first-order valence-corrected chi connectivity index (χ1v) is 15.8. The van der Waals surface area contributed by atoms with Crippen molar-refractivity contribution in [1.82, 2.24) is 39.5 Å². The number of pyridine rings is 3. The number of halogens is 6. The van der Waals surface area contributed by atoms with E-state index < -0.39 is 24.3 Å². The smallest absolute Gasteiger partial charge is 0.481 e. The molecule has 0 aromatic carbocycles. The number of fused-ring (bicyclic) bond motifs is 1. The third kappa shape index (κ3) is 10.4. The van der Waals surface area contributed by atoms with Crippen LogP contribution in [0.5, 0.6) is 5.88 Å². The lowest BCUT2D eigenvalue weighted by Crippen LogP contribution is -2.46. The number of nitrogens with zero attached hydrogens (tertiary/aromatic N) is 10. The van der Waals surface area contributed by atoms with Crippen LogP contribution in [0.15, 0.2) is 61.3 Å². The summed E-state index contributed by atoms with van der Waals surface area (Å²) in [5, 5.41) is 37.0. The molecule has 0 amide bonds. The number of alkyl halides is 6. The van der Waals surface area contributed by atoms with Crippen LogP contribution in [0.4, 0.5) is 32.2 Å². The molecule has 286 valence electrons. The summed E-state index contributed by atoms with van der Waals surface area (Å²) >= 11 is 0. The van der Waals surface area contributed by atoms with E-state index in [4.69, 9.17) is 29.5 Å². The first-order valence-electron chi connectivity index (χ1n) is 15.8. The molecule has 1 aliphatic rings. The largest absolute Gasteiger partial charge is 0.490 e. The molecule has 6 rings (SSSR count). The lowest BCUT2D eigenvalue weighted by Gasteiger charge is -2.35. The summed E-state index contributed by atoms with van der Waals surface area (Å²) in [4.78, 5) is 31.7. The molecule has 1 aliphatic heterocycles. The summed E-state index contributed by atoms with van der Waals surface area (Å²) in [5.74, 6) is -3.94. The third-order valence-electron chi connectivity index (χ3n) is 7.72. The maximum Gasteiger partial charge on any atom is 0.490 e. The van der Waals surface area contributed by atoms with Crippen molar-refractivity contribution in [2.75, 3.05) is 38.2 Å². The van der Waals surface area contributed by atoms with Crippen molar-refractivity contribution >= 4 is 23.3 Å². The summed E-state index contributed by atoms with van der Waals surface area (Å²) in [6.07, 6.45) is -1.00. The Kier molecular flexibility index (Phi) is 12.8. The van der Waals surface area contributed by atoms with E-state index >= 15 is 0 Å². The molecule has 5 aromatic heterocycles. The quantitative estimate of drug-likeness (QED) is 0.209. The van der Waals surface area contributed by atoms with Crippen molar-refractivity contribution in [2.24, 2.45) is 0 Å². The average Bonchev–Trinajstić information content (AvgIpc) is 3.80. The summed E-state index contributed by atoms with van der Waals surface area (Å²) < 4.78 is 72.2. The second kappa shape index (κ2) is 17.0. The summed E-state index contributed by atoms with van der Waals surface area (Å²) in [5.41, 5.74) is 5.84. The van der Waals surface area contributed by atoms with Gasteiger partial charge in [0.05, 0.1) is 30.6 Å². The van der Waals surface area contributed by atoms with E-state index in [0.717, 1.165) is 66.4 Å². The number of rotatable bonds is 7. The highest BCUT2D eigenvalue weighted by Gasteiger charge is 2.39. The normalized spacial score (nSPS) is 13.4. The molecule has 21 heteroatoms. The minimum Gasteiger partial charge on any atom is -0.481 e. The van der Waals surface area contributed by atoms with Gasteiger partial charge in [-0.15, -0.1) is 5.10 Å². The number of piperazine rings is 1. The molecule has 5 aromatic rings. The van der Waals surface area contributed by atoms with Crippen LogP contribution in [0.2, 0.25) is 0 Å². The summed E-state index contributed by atoms with van der Waals surface area (Å²) in [6.45, 7) is 8.65. The number of carboxylic acid groups (broad SMARTS) is 2. The number of nitriles is 1. The highest BCUT2D eigenvalue weighted by atomic mass is 19.4. The van der Waals surface area contributed by atoms with Gasteiger partial charge in [0.25, 0.3) is 0 Å². The molecule has 6 heterocycles. The van der Waals surface area contributed by atoms with E-state index in [0.29, 0.717) is 11.4 Å². The van der Waals surface area contributed by atoms with Gasteiger partial charge in [0, 0.05) is 80.1 Å². The number of ether oxygens (including phenoxy) is 1. The van der Waals surface area contributed by atoms with E-state index in [-0.39, 0.29) is 6.04 Å². The molecular formula is C33H32F6N10O5. The van der Waals surface area contributed by atoms with Crippen molar-refractivity contribution in [3.63, 3.8) is 0 Å². The van der Waals surface area contributed by atoms with Crippen LogP contribution in [-0.4, -0.2) is 107 Å². The Hall–Kier alpha value is -6.30. The number of hydrogen-bond acceptors (Lipinski definition) is 11. The van der Waals surface area contributed by atoms with E-state index in [1.807, 2.05) is 41.6 Å². The molecule has 0 unspecified atom stereocenters. The van der Waals surface area contributed by atoms with Crippen LogP contribution in [0.3, 0.4) is 0 Å². The zero-order valence-corrected chi connectivity index (χ0v) is 28.7. The molecule has 1 saturated heterocycles. The van der Waals surface area contributed by atoms with Gasteiger partial charge in [-0.2, -0.15) is 36.7 Å². The zero-order valence-electron chi connectivity index (χ0n) is 28.7. The number of methoxy groups -OCH3 is 1. The topological polar surface area (TPSA) is 188 Å². The SMILES string of the molecule is COc1ccc(CN2CCN(c3ccc(-c4cc(-c5cn(C(C)C)nn5)cn5ncc(C#N)c45)cn3)CC2)cn1.O=C(O)C(F)(F)F.O=C(O)C(F)(F)F. The Morgan fingerprint density at radius 3 is 2.04 bits per heavy atom. The van der Waals surface area contributed by atoms with Crippen LogP contribution in [-0.2, 0) is 16.1 Å². The highest BCUT2D eigenvalue weighted by molar-refractivity contribution is 5.87. The minimum absolute atomic E-state index is 0.206. The molecule has 2 N–H and O–H groups in total. The van der Waals surface area contributed by atoms with Crippen molar-refractivity contribution < 1.29 is 50.9 Å². The maximum absolute atomic E-state index is 10.6. The first kappa shape index (κ1) is 40.5. The molecular weight excluding hydrogens is 730 g/mol. The van der Waals surface area contributed by atoms with Crippen LogP contribution < -0.4 is 9.64 Å². The van der Waals surface area contributed by atoms with Gasteiger partial charge in [-0.05, 0) is 37.6 Å². The second-order valence-corrected chi connectivity index (χ2v) is 11.8. The summed E-state index contributed by atoms with van der Waals surface area (Å²) in [6, 6.07) is 12.6. The van der Waals surface area contributed by atoms with Crippen LogP contribution in [0.1, 0.15) is 31.0 Å². The van der Waals surface area contributed by atoms with Crippen molar-refractivity contribution in [3.05, 3.63) is 72.4 Å². The van der Waals surface area contributed by atoms with Crippen LogP contribution >= 0.6 is 0 Å². The van der Waals surface area contributed by atoms with Gasteiger partial charge in [0.2, 0.25) is 5.88 Å². The van der Waals surface area contributed by atoms with Crippen LogP contribution in [0, 0.1) is 11.3 Å². The molecule has 54 heavy (non-hydrogen) atoms. The fourth-order valence-electron chi connectivity index (χ4n) is 4.98. The molecule has 0 spiro atoms. The standard InChI is InChI=1S/C29H30N10O.2C2HF3O2/c1-20(2)38-19-26(34-35-38)23-12-25(29-24(13-30)16-33-39(29)18-23)22-5-6-27(31-15-22)37-10-8-36(9-11-37)17-21-4-7-28(40-3)32-14-21;2*3-2(4,5)1(6)7/h4-7,12,14-16,18-20H,8-11,17H2,1-3H3;2*(H,6,7). The fourth-order valence-corrected chi connectivity index (χ4v) is 4.98. The van der Waals surface area contributed by atoms with Gasteiger partial charge in [-0.25, -0.2) is 28.8 Å². The minimum atomic E-state index is -5.08. The lowest BCUT2D eigenvalue weighted by atomic mass is 10.0. The lowest BCUT2D eigenvalue weighted by molar-refractivity contribution is -0.193. The Morgan fingerprint density at radius 1 is 0.907 bits per heavy atom. The van der Waals surface area contributed by atoms with Gasteiger partial charge < -0.3 is 19.8 Å². The van der Waals surface area contributed by atoms with E-state index in [1.165, 1.54) is 5.56 Å². The number of aliphatic carboxylic acids is 2. The molecule has 0 bridgehead atoms. The zero-order chi connectivity index (χ0) is 39.8. The first-order chi connectivity index (χ1) is 25.4.